The summed E-state index contributed by atoms with van der Waals surface area (Å²) in [5.41, 5.74) is -0.706. The molecule has 1 rings (SSSR count). The predicted octanol–water partition coefficient (Wildman–Crippen LogP) is 2.12. The van der Waals surface area contributed by atoms with E-state index in [2.05, 4.69) is 0 Å². The van der Waals surface area contributed by atoms with Crippen molar-refractivity contribution < 1.29 is 33.6 Å². The van der Waals surface area contributed by atoms with E-state index >= 15 is 0 Å². The summed E-state index contributed by atoms with van der Waals surface area (Å²) in [6, 6.07) is 0. The van der Waals surface area contributed by atoms with Gasteiger partial charge >= 0.3 is 11.9 Å². The molecule has 0 aromatic carbocycles. The maximum Gasteiger partial charge on any atom is 0.306 e. The summed E-state index contributed by atoms with van der Waals surface area (Å²) in [7, 11) is 0. The number of carbonyl (C=O) groups is 2. The van der Waals surface area contributed by atoms with Crippen LogP contribution in [0.15, 0.2) is 0 Å². The van der Waals surface area contributed by atoms with Gasteiger partial charge in [0, 0.05) is 6.42 Å². The van der Waals surface area contributed by atoms with Gasteiger partial charge < -0.3 is 24.1 Å². The van der Waals surface area contributed by atoms with Crippen molar-refractivity contribution >= 4 is 11.9 Å². The highest BCUT2D eigenvalue weighted by atomic mass is 16.7. The van der Waals surface area contributed by atoms with E-state index in [0.29, 0.717) is 6.61 Å². The van der Waals surface area contributed by atoms with Gasteiger partial charge in [-0.1, -0.05) is 0 Å². The Kier molecular flexibility index (Phi) is 6.98. The lowest BCUT2D eigenvalue weighted by Crippen LogP contribution is -2.36. The molecule has 134 valence electrons. The van der Waals surface area contributed by atoms with Crippen molar-refractivity contribution in [1.29, 1.82) is 0 Å². The number of carboxylic acid groups (broad SMARTS) is 1. The third kappa shape index (κ3) is 8.88. The van der Waals surface area contributed by atoms with Crippen molar-refractivity contribution in [2.75, 3.05) is 13.2 Å². The third-order valence-electron chi connectivity index (χ3n) is 3.13. The van der Waals surface area contributed by atoms with E-state index in [9.17, 15) is 9.59 Å². The second kappa shape index (κ2) is 8.08. The Bertz CT molecular complexity index is 411. The molecule has 0 radical (unpaired) electrons. The SMILES string of the molecule is CC(C)(C)OC(COC(=O)CCC(=O)O)OC1COC(C)(C)C1. The second-order valence-corrected chi connectivity index (χ2v) is 7.27. The summed E-state index contributed by atoms with van der Waals surface area (Å²) >= 11 is 0. The van der Waals surface area contributed by atoms with Gasteiger partial charge in [0.05, 0.1) is 36.8 Å². The van der Waals surface area contributed by atoms with Gasteiger partial charge in [0.25, 0.3) is 0 Å². The molecule has 2 atom stereocenters. The van der Waals surface area contributed by atoms with Gasteiger partial charge in [0.2, 0.25) is 0 Å². The van der Waals surface area contributed by atoms with Gasteiger partial charge in [-0.05, 0) is 34.6 Å². The van der Waals surface area contributed by atoms with Crippen LogP contribution in [-0.2, 0) is 28.5 Å². The Morgan fingerprint density at radius 2 is 1.96 bits per heavy atom. The first kappa shape index (κ1) is 19.9. The minimum Gasteiger partial charge on any atom is -0.481 e. The summed E-state index contributed by atoms with van der Waals surface area (Å²) in [6.07, 6.45) is -0.544. The Hall–Kier alpha value is -1.18. The molecule has 1 heterocycles. The van der Waals surface area contributed by atoms with Gasteiger partial charge in [-0.2, -0.15) is 0 Å². The molecule has 1 aliphatic rings. The maximum atomic E-state index is 11.5. The van der Waals surface area contributed by atoms with Crippen molar-refractivity contribution in [3.05, 3.63) is 0 Å². The molecule has 0 aromatic heterocycles. The van der Waals surface area contributed by atoms with E-state index in [0.717, 1.165) is 6.42 Å². The average Bonchev–Trinajstić information content (AvgIpc) is 2.71. The fourth-order valence-corrected chi connectivity index (χ4v) is 2.22. The van der Waals surface area contributed by atoms with Gasteiger partial charge in [-0.15, -0.1) is 0 Å². The molecule has 0 spiro atoms. The van der Waals surface area contributed by atoms with E-state index in [4.69, 9.17) is 24.1 Å². The topological polar surface area (TPSA) is 91.3 Å². The second-order valence-electron chi connectivity index (χ2n) is 7.27. The number of ether oxygens (including phenoxy) is 4. The number of hydrogen-bond acceptors (Lipinski definition) is 6. The number of aliphatic carboxylic acids is 1. The minimum absolute atomic E-state index is 0.0767. The van der Waals surface area contributed by atoms with Gasteiger partial charge in [0.15, 0.2) is 6.29 Å². The van der Waals surface area contributed by atoms with Gasteiger partial charge in [-0.25, -0.2) is 0 Å². The molecule has 0 aromatic rings. The van der Waals surface area contributed by atoms with Crippen LogP contribution in [0, 0.1) is 0 Å². The van der Waals surface area contributed by atoms with E-state index in [1.807, 2.05) is 34.6 Å². The van der Waals surface area contributed by atoms with E-state index < -0.39 is 23.8 Å². The quantitative estimate of drug-likeness (QED) is 0.537. The van der Waals surface area contributed by atoms with Crippen LogP contribution in [0.25, 0.3) is 0 Å². The Morgan fingerprint density at radius 1 is 1.30 bits per heavy atom. The molecular formula is C16H28O7. The highest BCUT2D eigenvalue weighted by Crippen LogP contribution is 2.28. The van der Waals surface area contributed by atoms with Crippen LogP contribution in [0.1, 0.15) is 53.9 Å². The standard InChI is InChI=1S/C16H28O7/c1-15(2,3)23-14(10-20-13(19)7-6-12(17)18)22-11-8-16(4,5)21-9-11/h11,14H,6-10H2,1-5H3,(H,17,18). The fourth-order valence-electron chi connectivity index (χ4n) is 2.22. The van der Waals surface area contributed by atoms with Crippen LogP contribution in [-0.4, -0.2) is 53.9 Å². The summed E-state index contributed by atoms with van der Waals surface area (Å²) in [5, 5.41) is 8.56. The largest absolute Gasteiger partial charge is 0.481 e. The highest BCUT2D eigenvalue weighted by Gasteiger charge is 2.35. The molecular weight excluding hydrogens is 304 g/mol. The Morgan fingerprint density at radius 3 is 2.43 bits per heavy atom. The summed E-state index contributed by atoms with van der Waals surface area (Å²) in [6.45, 7) is 10.0. The van der Waals surface area contributed by atoms with Crippen LogP contribution < -0.4 is 0 Å². The molecule has 0 amide bonds. The molecule has 1 N–H and O–H groups in total. The van der Waals surface area contributed by atoms with Crippen LogP contribution in [0.2, 0.25) is 0 Å². The number of esters is 1. The van der Waals surface area contributed by atoms with Crippen molar-refractivity contribution in [3.8, 4) is 0 Å². The molecule has 7 nitrogen and oxygen atoms in total. The summed E-state index contributed by atoms with van der Waals surface area (Å²) in [5.74, 6) is -1.62. The van der Waals surface area contributed by atoms with Crippen LogP contribution in [0.4, 0.5) is 0 Å². The zero-order valence-electron chi connectivity index (χ0n) is 14.6. The molecule has 7 heteroatoms. The molecule has 1 saturated heterocycles. The van der Waals surface area contributed by atoms with E-state index in [1.54, 1.807) is 0 Å². The van der Waals surface area contributed by atoms with Crippen LogP contribution in [0.3, 0.4) is 0 Å². The predicted molar refractivity (Wildman–Crippen MR) is 82.0 cm³/mol. The molecule has 0 bridgehead atoms. The first-order chi connectivity index (χ1) is 10.5. The monoisotopic (exact) mass is 332 g/mol. The number of hydrogen-bond donors (Lipinski definition) is 1. The summed E-state index contributed by atoms with van der Waals surface area (Å²) < 4.78 is 22.3. The van der Waals surface area contributed by atoms with Crippen molar-refractivity contribution in [2.45, 2.75) is 77.5 Å². The number of carbonyl (C=O) groups excluding carboxylic acids is 1. The fraction of sp³-hybridized carbons (Fsp3) is 0.875. The maximum absolute atomic E-state index is 11.5. The minimum atomic E-state index is -1.04. The Balaban J connectivity index is 2.49. The number of carboxylic acids is 1. The lowest BCUT2D eigenvalue weighted by molar-refractivity contribution is -0.233. The van der Waals surface area contributed by atoms with Gasteiger partial charge in [-0.3, -0.25) is 9.59 Å². The molecule has 2 unspecified atom stereocenters. The average molecular weight is 332 g/mol. The van der Waals surface area contributed by atoms with Gasteiger partial charge in [0.1, 0.15) is 6.61 Å². The Labute approximate surface area is 137 Å². The highest BCUT2D eigenvalue weighted by molar-refractivity contribution is 5.76. The zero-order chi connectivity index (χ0) is 17.7. The molecule has 23 heavy (non-hydrogen) atoms. The van der Waals surface area contributed by atoms with Crippen molar-refractivity contribution in [2.24, 2.45) is 0 Å². The molecule has 0 aliphatic carbocycles. The zero-order valence-corrected chi connectivity index (χ0v) is 14.6. The number of rotatable bonds is 8. The normalized spacial score (nSPS) is 21.9. The van der Waals surface area contributed by atoms with Crippen molar-refractivity contribution in [1.82, 2.24) is 0 Å². The lowest BCUT2D eigenvalue weighted by Gasteiger charge is -2.29. The molecule has 0 saturated carbocycles. The lowest BCUT2D eigenvalue weighted by atomic mass is 10.1. The molecule has 1 fully saturated rings. The summed E-state index contributed by atoms with van der Waals surface area (Å²) in [4.78, 5) is 22.0. The smallest absolute Gasteiger partial charge is 0.306 e. The third-order valence-corrected chi connectivity index (χ3v) is 3.13. The first-order valence-electron chi connectivity index (χ1n) is 7.81. The first-order valence-corrected chi connectivity index (χ1v) is 7.81. The van der Waals surface area contributed by atoms with E-state index in [-0.39, 0.29) is 31.2 Å². The van der Waals surface area contributed by atoms with Crippen molar-refractivity contribution in [3.63, 3.8) is 0 Å². The molecule has 1 aliphatic heterocycles. The van der Waals surface area contributed by atoms with E-state index in [1.165, 1.54) is 0 Å². The van der Waals surface area contributed by atoms with Crippen LogP contribution >= 0.6 is 0 Å². The van der Waals surface area contributed by atoms with Crippen LogP contribution in [0.5, 0.6) is 0 Å².